The summed E-state index contributed by atoms with van der Waals surface area (Å²) in [6, 6.07) is 9.56. The number of H-pyrrole nitrogens is 1. The Morgan fingerprint density at radius 1 is 1.28 bits per heavy atom. The number of nitrogens with one attached hydrogen (secondary N) is 1. The lowest BCUT2D eigenvalue weighted by atomic mass is 10.3. The number of benzene rings is 1. The first-order valence-electron chi connectivity index (χ1n) is 5.48. The zero-order valence-electron chi connectivity index (χ0n) is 9.64. The Bertz CT molecular complexity index is 771. The van der Waals surface area contributed by atoms with E-state index in [1.807, 2.05) is 48.0 Å². The minimum atomic E-state index is 0.630. The van der Waals surface area contributed by atoms with Crippen LogP contribution in [0.15, 0.2) is 36.5 Å². The predicted octanol–water partition coefficient (Wildman–Crippen LogP) is 4.04. The molecule has 5 heteroatoms. The molecule has 0 aliphatic rings. The molecule has 3 rings (SSSR count). The van der Waals surface area contributed by atoms with Gasteiger partial charge in [0.15, 0.2) is 10.4 Å². The van der Waals surface area contributed by atoms with Crippen molar-refractivity contribution >= 4 is 35.0 Å². The van der Waals surface area contributed by atoms with Gasteiger partial charge in [-0.2, -0.15) is 0 Å². The van der Waals surface area contributed by atoms with Gasteiger partial charge in [0.25, 0.3) is 0 Å². The molecule has 0 bridgehead atoms. The fourth-order valence-electron chi connectivity index (χ4n) is 1.93. The van der Waals surface area contributed by atoms with Crippen molar-refractivity contribution in [2.75, 3.05) is 0 Å². The molecular weight excluding hydrogens is 266 g/mol. The summed E-state index contributed by atoms with van der Waals surface area (Å²) in [5.41, 5.74) is 3.82. The highest BCUT2D eigenvalue weighted by Gasteiger charge is 2.07. The number of fused-ring (bicyclic) bond motifs is 1. The molecule has 0 saturated heterocycles. The van der Waals surface area contributed by atoms with Gasteiger partial charge in [0.1, 0.15) is 0 Å². The summed E-state index contributed by atoms with van der Waals surface area (Å²) in [5.74, 6) is 0. The molecule has 0 amide bonds. The molecule has 0 unspecified atom stereocenters. The van der Waals surface area contributed by atoms with Crippen LogP contribution in [-0.4, -0.2) is 14.5 Å². The summed E-state index contributed by atoms with van der Waals surface area (Å²) >= 11 is 11.2. The van der Waals surface area contributed by atoms with Crippen LogP contribution < -0.4 is 0 Å². The second-order valence-corrected chi connectivity index (χ2v) is 4.95. The van der Waals surface area contributed by atoms with Gasteiger partial charge in [0, 0.05) is 11.2 Å². The molecule has 2 aromatic heterocycles. The molecule has 0 atom stereocenters. The van der Waals surface area contributed by atoms with Gasteiger partial charge in [-0.25, -0.2) is 4.98 Å². The number of aryl methyl sites for hydroxylation is 1. The number of nitrogens with zero attached hydrogens (tertiary/aromatic N) is 2. The highest BCUT2D eigenvalue weighted by Crippen LogP contribution is 2.20. The lowest BCUT2D eigenvalue weighted by molar-refractivity contribution is 1.04. The third kappa shape index (κ3) is 1.83. The summed E-state index contributed by atoms with van der Waals surface area (Å²) in [6.45, 7) is 2.00. The third-order valence-corrected chi connectivity index (χ3v) is 3.28. The van der Waals surface area contributed by atoms with Crippen LogP contribution in [0.25, 0.3) is 16.9 Å². The average molecular weight is 276 g/mol. The average Bonchev–Trinajstić information content (AvgIpc) is 2.65. The highest BCUT2D eigenvalue weighted by molar-refractivity contribution is 7.71. The third-order valence-electron chi connectivity index (χ3n) is 2.74. The Kier molecular flexibility index (Phi) is 2.69. The van der Waals surface area contributed by atoms with E-state index in [0.717, 1.165) is 22.4 Å². The molecule has 0 aliphatic heterocycles. The number of rotatable bonds is 1. The van der Waals surface area contributed by atoms with Crippen LogP contribution in [0.3, 0.4) is 0 Å². The van der Waals surface area contributed by atoms with Gasteiger partial charge in [0.2, 0.25) is 0 Å². The van der Waals surface area contributed by atoms with Gasteiger partial charge >= 0.3 is 0 Å². The largest absolute Gasteiger partial charge is 0.329 e. The molecule has 0 radical (unpaired) electrons. The topological polar surface area (TPSA) is 33.6 Å². The normalized spacial score (nSPS) is 11.0. The molecule has 90 valence electrons. The Hall–Kier alpha value is -1.65. The van der Waals surface area contributed by atoms with Crippen LogP contribution in [0.5, 0.6) is 0 Å². The number of halogens is 1. The van der Waals surface area contributed by atoms with E-state index in [4.69, 9.17) is 23.8 Å². The van der Waals surface area contributed by atoms with Crippen molar-refractivity contribution in [3.8, 4) is 5.69 Å². The fraction of sp³-hybridized carbons (Fsp3) is 0.0769. The Labute approximate surface area is 114 Å². The highest BCUT2D eigenvalue weighted by atomic mass is 35.5. The Balaban J connectivity index is 2.32. The van der Waals surface area contributed by atoms with Crippen molar-refractivity contribution in [3.63, 3.8) is 0 Å². The van der Waals surface area contributed by atoms with Gasteiger partial charge in [0.05, 0.1) is 11.2 Å². The molecule has 3 aromatic rings. The van der Waals surface area contributed by atoms with E-state index in [9.17, 15) is 0 Å². The zero-order valence-corrected chi connectivity index (χ0v) is 11.2. The maximum Gasteiger partial charge on any atom is 0.183 e. The monoisotopic (exact) mass is 275 g/mol. The van der Waals surface area contributed by atoms with E-state index in [2.05, 4.69) is 9.97 Å². The van der Waals surface area contributed by atoms with Crippen LogP contribution in [0.4, 0.5) is 0 Å². The van der Waals surface area contributed by atoms with Crippen molar-refractivity contribution in [2.24, 2.45) is 0 Å². The van der Waals surface area contributed by atoms with E-state index < -0.39 is 0 Å². The van der Waals surface area contributed by atoms with Gasteiger partial charge < -0.3 is 4.98 Å². The Morgan fingerprint density at radius 2 is 2.00 bits per heavy atom. The molecule has 3 nitrogen and oxygen atoms in total. The second-order valence-electron chi connectivity index (χ2n) is 4.13. The number of aromatic nitrogens is 3. The van der Waals surface area contributed by atoms with Crippen molar-refractivity contribution < 1.29 is 0 Å². The number of imidazole rings is 1. The van der Waals surface area contributed by atoms with Crippen LogP contribution in [0.2, 0.25) is 5.02 Å². The lowest BCUT2D eigenvalue weighted by Crippen LogP contribution is -1.95. The maximum atomic E-state index is 5.89. The van der Waals surface area contributed by atoms with E-state index >= 15 is 0 Å². The van der Waals surface area contributed by atoms with E-state index in [-0.39, 0.29) is 0 Å². The van der Waals surface area contributed by atoms with Gasteiger partial charge in [-0.05, 0) is 55.0 Å². The summed E-state index contributed by atoms with van der Waals surface area (Å²) in [6.07, 6.45) is 1.83. The van der Waals surface area contributed by atoms with Crippen LogP contribution in [0, 0.1) is 11.7 Å². The first-order chi connectivity index (χ1) is 8.65. The van der Waals surface area contributed by atoms with E-state index in [1.165, 1.54) is 0 Å². The lowest BCUT2D eigenvalue weighted by Gasteiger charge is -2.03. The molecule has 2 heterocycles. The molecule has 0 aliphatic carbocycles. The van der Waals surface area contributed by atoms with Crippen LogP contribution in [0.1, 0.15) is 5.56 Å². The zero-order chi connectivity index (χ0) is 12.7. The molecule has 0 fully saturated rings. The smallest absolute Gasteiger partial charge is 0.183 e. The SMILES string of the molecule is Cc1cnc2c(c1)[nH]c(=S)n2-c1ccc(Cl)cc1. The molecular formula is C13H10ClN3S. The quantitative estimate of drug-likeness (QED) is 0.680. The van der Waals surface area contributed by atoms with Crippen molar-refractivity contribution in [2.45, 2.75) is 6.92 Å². The van der Waals surface area contributed by atoms with Crippen molar-refractivity contribution in [1.29, 1.82) is 0 Å². The van der Waals surface area contributed by atoms with Gasteiger partial charge in [-0.15, -0.1) is 0 Å². The van der Waals surface area contributed by atoms with E-state index in [1.54, 1.807) is 0 Å². The minimum Gasteiger partial charge on any atom is -0.329 e. The first kappa shape index (κ1) is 11.4. The van der Waals surface area contributed by atoms with E-state index in [0.29, 0.717) is 9.79 Å². The molecule has 1 aromatic carbocycles. The van der Waals surface area contributed by atoms with Gasteiger partial charge in [-0.1, -0.05) is 11.6 Å². The first-order valence-corrected chi connectivity index (χ1v) is 6.27. The maximum absolute atomic E-state index is 5.89. The molecule has 0 saturated carbocycles. The number of hydrogen-bond donors (Lipinski definition) is 1. The van der Waals surface area contributed by atoms with Crippen molar-refractivity contribution in [3.05, 3.63) is 51.9 Å². The molecule has 0 spiro atoms. The van der Waals surface area contributed by atoms with Crippen LogP contribution in [-0.2, 0) is 0 Å². The summed E-state index contributed by atoms with van der Waals surface area (Å²) in [7, 11) is 0. The predicted molar refractivity (Wildman–Crippen MR) is 76.0 cm³/mol. The standard InChI is InChI=1S/C13H10ClN3S/c1-8-6-11-12(15-7-8)17(13(18)16-11)10-4-2-9(14)3-5-10/h2-7H,1H3,(H,16,18). The number of aromatic amines is 1. The fourth-order valence-corrected chi connectivity index (χ4v) is 2.36. The number of hydrogen-bond acceptors (Lipinski definition) is 2. The minimum absolute atomic E-state index is 0.630. The van der Waals surface area contributed by atoms with Crippen molar-refractivity contribution in [1.82, 2.24) is 14.5 Å². The summed E-state index contributed by atoms with van der Waals surface area (Å²) in [4.78, 5) is 7.60. The van der Waals surface area contributed by atoms with Crippen LogP contribution >= 0.6 is 23.8 Å². The molecule has 1 N–H and O–H groups in total. The number of pyridine rings is 1. The molecule has 18 heavy (non-hydrogen) atoms. The van der Waals surface area contributed by atoms with Gasteiger partial charge in [-0.3, -0.25) is 4.57 Å². The second kappa shape index (κ2) is 4.23. The summed E-state index contributed by atoms with van der Waals surface area (Å²) < 4.78 is 2.53. The summed E-state index contributed by atoms with van der Waals surface area (Å²) in [5, 5.41) is 0.703. The Morgan fingerprint density at radius 3 is 2.72 bits per heavy atom.